The Hall–Kier alpha value is 0.394. The summed E-state index contributed by atoms with van der Waals surface area (Å²) in [5, 5.41) is 0. The van der Waals surface area contributed by atoms with Gasteiger partial charge in [-0.3, -0.25) is 0 Å². The molecule has 1 nitrogen and oxygen atoms in total. The molecule has 0 saturated heterocycles. The second-order valence-corrected chi connectivity index (χ2v) is 7.73. The van der Waals surface area contributed by atoms with Crippen LogP contribution in [-0.2, 0) is 4.43 Å². The van der Waals surface area contributed by atoms with Crippen molar-refractivity contribution in [2.45, 2.75) is 32.2 Å². The molecule has 2 radical (unpaired) electrons. The van der Waals surface area contributed by atoms with Crippen LogP contribution in [0.15, 0.2) is 0 Å². The summed E-state index contributed by atoms with van der Waals surface area (Å²) >= 11 is 0. The molecule has 0 amide bonds. The smallest absolute Gasteiger partial charge is 0.204 e. The molecule has 0 atom stereocenters. The van der Waals surface area contributed by atoms with Gasteiger partial charge in [0.15, 0.2) is 0 Å². The molecule has 0 aliphatic heterocycles. The van der Waals surface area contributed by atoms with Crippen LogP contribution in [0, 0.1) is 0 Å². The molecule has 0 rings (SSSR count). The third-order valence-corrected chi connectivity index (χ3v) is 2.98. The van der Waals surface area contributed by atoms with Gasteiger partial charge >= 0.3 is 0 Å². The molecule has 0 aromatic heterocycles. The maximum Gasteiger partial charge on any atom is 0.204 e. The molecule has 0 aliphatic rings. The Morgan fingerprint density at radius 3 is 2.00 bits per heavy atom. The van der Waals surface area contributed by atoms with E-state index in [1.54, 1.807) is 0 Å². The van der Waals surface area contributed by atoms with E-state index in [-0.39, 0.29) is 8.80 Å². The average Bonchev–Trinajstić information content (AvgIpc) is 1.63. The lowest BCUT2D eigenvalue weighted by molar-refractivity contribution is 0.349. The summed E-state index contributed by atoms with van der Waals surface area (Å²) in [4.78, 5) is 0. The van der Waals surface area contributed by atoms with Crippen LogP contribution < -0.4 is 0 Å². The summed E-state index contributed by atoms with van der Waals surface area (Å²) in [5.41, 5.74) is 0. The maximum atomic E-state index is 5.48. The Morgan fingerprint density at radius 1 is 1.11 bits per heavy atom. The van der Waals surface area contributed by atoms with Gasteiger partial charge in [0, 0.05) is 15.4 Å². The Labute approximate surface area is 61.8 Å². The molecule has 0 fully saturated rings. The van der Waals surface area contributed by atoms with Crippen LogP contribution in [0.25, 0.3) is 0 Å². The minimum absolute atomic E-state index is 0.0390. The lowest BCUT2D eigenvalue weighted by Gasteiger charge is -2.05. The van der Waals surface area contributed by atoms with E-state index in [1.807, 2.05) is 0 Å². The van der Waals surface area contributed by atoms with Gasteiger partial charge in [-0.1, -0.05) is 13.1 Å². The molecule has 0 aromatic rings. The van der Waals surface area contributed by atoms with Gasteiger partial charge in [0.1, 0.15) is 0 Å². The summed E-state index contributed by atoms with van der Waals surface area (Å²) in [6.45, 7) is 10.0. The molecule has 0 bridgehead atoms. The first-order chi connectivity index (χ1) is 4.13. The van der Waals surface area contributed by atoms with Crippen LogP contribution in [0.5, 0.6) is 0 Å². The third-order valence-electron chi connectivity index (χ3n) is 0.993. The Kier molecular flexibility index (Phi) is 5.43. The van der Waals surface area contributed by atoms with Crippen LogP contribution in [-0.4, -0.2) is 24.4 Å². The largest absolute Gasteiger partial charge is 0.417 e. The van der Waals surface area contributed by atoms with E-state index >= 15 is 0 Å². The third kappa shape index (κ3) is 8.39. The molecule has 0 spiro atoms. The lowest BCUT2D eigenvalue weighted by atomic mass is 10.9. The number of hydrogen-bond donors (Lipinski definition) is 0. The van der Waals surface area contributed by atoms with Crippen molar-refractivity contribution < 1.29 is 4.43 Å². The molecule has 0 aliphatic carbocycles. The molecule has 54 valence electrons. The van der Waals surface area contributed by atoms with E-state index in [1.165, 1.54) is 6.04 Å². The van der Waals surface area contributed by atoms with Gasteiger partial charge in [0.05, 0.1) is 0 Å². The summed E-state index contributed by atoms with van der Waals surface area (Å²) < 4.78 is 5.48. The lowest BCUT2D eigenvalue weighted by Crippen LogP contribution is -2.12. The first kappa shape index (κ1) is 9.39. The Balaban J connectivity index is 2.91. The minimum atomic E-state index is -0.414. The van der Waals surface area contributed by atoms with Gasteiger partial charge in [-0.25, -0.2) is 0 Å². The quantitative estimate of drug-likeness (QED) is 0.572. The van der Waals surface area contributed by atoms with Crippen molar-refractivity contribution in [3.05, 3.63) is 0 Å². The highest BCUT2D eigenvalue weighted by Gasteiger charge is 1.98. The fourth-order valence-corrected chi connectivity index (χ4v) is 1.68. The summed E-state index contributed by atoms with van der Waals surface area (Å²) in [7, 11) is -0.453. The van der Waals surface area contributed by atoms with Crippen molar-refractivity contribution in [2.75, 3.05) is 6.61 Å². The van der Waals surface area contributed by atoms with Crippen molar-refractivity contribution in [2.24, 2.45) is 0 Å². The first-order valence-corrected chi connectivity index (χ1v) is 8.46. The van der Waals surface area contributed by atoms with Crippen molar-refractivity contribution in [1.29, 1.82) is 0 Å². The highest BCUT2D eigenvalue weighted by atomic mass is 28.3. The molecule has 0 heterocycles. The second kappa shape index (κ2) is 5.20. The zero-order valence-electron chi connectivity index (χ0n) is 6.82. The summed E-state index contributed by atoms with van der Waals surface area (Å²) in [6, 6.07) is 1.31. The minimum Gasteiger partial charge on any atom is -0.417 e. The van der Waals surface area contributed by atoms with Crippen LogP contribution >= 0.6 is 0 Å². The topological polar surface area (TPSA) is 9.23 Å². The number of rotatable bonds is 4. The fourth-order valence-electron chi connectivity index (χ4n) is 0.459. The van der Waals surface area contributed by atoms with Crippen LogP contribution in [0.3, 0.4) is 0 Å². The zero-order chi connectivity index (χ0) is 7.28. The Bertz CT molecular complexity index is 56.1. The van der Waals surface area contributed by atoms with E-state index in [4.69, 9.17) is 4.43 Å². The molecule has 0 unspecified atom stereocenters. The first-order valence-electron chi connectivity index (χ1n) is 3.35. The van der Waals surface area contributed by atoms with E-state index < -0.39 is 9.04 Å². The van der Waals surface area contributed by atoms with E-state index in [0.29, 0.717) is 0 Å². The number of hydrogen-bond acceptors (Lipinski definition) is 1. The molecule has 0 aromatic carbocycles. The normalized spacial score (nSPS) is 11.3. The van der Waals surface area contributed by atoms with Crippen LogP contribution in [0.2, 0.25) is 32.2 Å². The maximum absolute atomic E-state index is 5.48. The van der Waals surface area contributed by atoms with E-state index in [9.17, 15) is 0 Å². The van der Waals surface area contributed by atoms with Crippen molar-refractivity contribution in [1.82, 2.24) is 0 Å². The zero-order valence-corrected chi connectivity index (χ0v) is 8.82. The predicted molar refractivity (Wildman–Crippen MR) is 45.7 cm³/mol. The predicted octanol–water partition coefficient (Wildman–Crippen LogP) is 2.01. The molecular formula is C6H16OSi2. The highest BCUT2D eigenvalue weighted by Crippen LogP contribution is 1.93. The van der Waals surface area contributed by atoms with Crippen LogP contribution in [0.4, 0.5) is 0 Å². The molecule has 3 heteroatoms. The van der Waals surface area contributed by atoms with Crippen molar-refractivity contribution in [3.63, 3.8) is 0 Å². The van der Waals surface area contributed by atoms with Crippen molar-refractivity contribution in [3.8, 4) is 0 Å². The van der Waals surface area contributed by atoms with Gasteiger partial charge in [-0.2, -0.15) is 0 Å². The summed E-state index contributed by atoms with van der Waals surface area (Å²) in [5.74, 6) is 0. The molecule has 0 N–H and O–H groups in total. The van der Waals surface area contributed by atoms with Crippen molar-refractivity contribution >= 4 is 17.8 Å². The van der Waals surface area contributed by atoms with Gasteiger partial charge in [0.2, 0.25) is 9.04 Å². The van der Waals surface area contributed by atoms with E-state index in [2.05, 4.69) is 26.2 Å². The van der Waals surface area contributed by atoms with Gasteiger partial charge in [-0.15, -0.1) is 0 Å². The van der Waals surface area contributed by atoms with E-state index in [0.717, 1.165) is 6.61 Å². The van der Waals surface area contributed by atoms with Gasteiger partial charge in [-0.05, 0) is 19.1 Å². The standard InChI is InChI=1S/C6H16OSi2/c1-8(2)6-5-7-9(3)4/h5-6H2,1-4H3. The summed E-state index contributed by atoms with van der Waals surface area (Å²) in [6.07, 6.45) is 0. The monoisotopic (exact) mass is 160 g/mol. The van der Waals surface area contributed by atoms with Gasteiger partial charge in [0.25, 0.3) is 0 Å². The van der Waals surface area contributed by atoms with Gasteiger partial charge < -0.3 is 4.43 Å². The fraction of sp³-hybridized carbons (Fsp3) is 1.00. The SMILES string of the molecule is C[Si](C)CCO[Si](C)C. The molecular weight excluding hydrogens is 144 g/mol. The van der Waals surface area contributed by atoms with Crippen LogP contribution in [0.1, 0.15) is 0 Å². The average molecular weight is 160 g/mol. The molecule has 9 heavy (non-hydrogen) atoms. The Morgan fingerprint density at radius 2 is 1.67 bits per heavy atom. The second-order valence-electron chi connectivity index (χ2n) is 2.71. The highest BCUT2D eigenvalue weighted by molar-refractivity contribution is 6.55. The molecule has 0 saturated carbocycles.